The Kier molecular flexibility index (Phi) is 5.25. The summed E-state index contributed by atoms with van der Waals surface area (Å²) in [6.45, 7) is 1.81. The highest BCUT2D eigenvalue weighted by atomic mass is 79.9. The molecule has 21 heavy (non-hydrogen) atoms. The number of anilines is 2. The normalized spacial score (nSPS) is 12.0. The van der Waals surface area contributed by atoms with Crippen LogP contribution in [0.4, 0.5) is 15.8 Å². The molecule has 3 N–H and O–H groups in total. The fraction of sp³-hybridized carbons (Fsp3) is 0.133. The molecule has 2 aromatic carbocycles. The molecule has 1 unspecified atom stereocenters. The van der Waals surface area contributed by atoms with Gasteiger partial charge in [0.2, 0.25) is 5.91 Å². The number of halogens is 2. The molecule has 0 aliphatic carbocycles. The first-order chi connectivity index (χ1) is 9.95. The molecule has 3 nitrogen and oxygen atoms in total. The lowest BCUT2D eigenvalue weighted by Gasteiger charge is -2.13. The lowest BCUT2D eigenvalue weighted by atomic mass is 10.2. The van der Waals surface area contributed by atoms with E-state index in [4.69, 9.17) is 5.73 Å². The van der Waals surface area contributed by atoms with Gasteiger partial charge in [-0.15, -0.1) is 11.8 Å². The molecule has 0 spiro atoms. The Morgan fingerprint density at radius 1 is 1.29 bits per heavy atom. The van der Waals surface area contributed by atoms with Crippen molar-refractivity contribution in [1.82, 2.24) is 0 Å². The van der Waals surface area contributed by atoms with Crippen molar-refractivity contribution in [2.45, 2.75) is 17.1 Å². The van der Waals surface area contributed by atoms with Crippen LogP contribution in [0.3, 0.4) is 0 Å². The monoisotopic (exact) mass is 368 g/mol. The molecule has 6 heteroatoms. The van der Waals surface area contributed by atoms with Crippen LogP contribution in [0.2, 0.25) is 0 Å². The number of carbonyl (C=O) groups is 1. The minimum Gasteiger partial charge on any atom is -0.397 e. The first-order valence-corrected chi connectivity index (χ1v) is 7.91. The average molecular weight is 369 g/mol. The van der Waals surface area contributed by atoms with E-state index in [2.05, 4.69) is 21.2 Å². The van der Waals surface area contributed by atoms with Gasteiger partial charge in [-0.25, -0.2) is 4.39 Å². The van der Waals surface area contributed by atoms with Gasteiger partial charge in [0, 0.05) is 9.37 Å². The van der Waals surface area contributed by atoms with Gasteiger partial charge in [-0.2, -0.15) is 0 Å². The maximum Gasteiger partial charge on any atom is 0.237 e. The van der Waals surface area contributed by atoms with Crippen molar-refractivity contribution in [1.29, 1.82) is 0 Å². The van der Waals surface area contributed by atoms with E-state index >= 15 is 0 Å². The van der Waals surface area contributed by atoms with E-state index in [1.165, 1.54) is 30.0 Å². The van der Waals surface area contributed by atoms with Crippen LogP contribution in [-0.4, -0.2) is 11.2 Å². The van der Waals surface area contributed by atoms with Gasteiger partial charge >= 0.3 is 0 Å². The fourth-order valence-corrected chi connectivity index (χ4v) is 2.78. The van der Waals surface area contributed by atoms with Gasteiger partial charge in [0.05, 0.1) is 16.6 Å². The predicted octanol–water partition coefficient (Wildman–Crippen LogP) is 4.29. The topological polar surface area (TPSA) is 55.1 Å². The number of rotatable bonds is 4. The predicted molar refractivity (Wildman–Crippen MR) is 88.9 cm³/mol. The van der Waals surface area contributed by atoms with Crippen molar-refractivity contribution in [2.24, 2.45) is 0 Å². The van der Waals surface area contributed by atoms with Gasteiger partial charge in [0.15, 0.2) is 0 Å². The van der Waals surface area contributed by atoms with E-state index < -0.39 is 5.82 Å². The molecular formula is C15H14BrFN2OS. The van der Waals surface area contributed by atoms with Crippen molar-refractivity contribution in [3.63, 3.8) is 0 Å². The zero-order valence-electron chi connectivity index (χ0n) is 11.3. The number of nitrogens with two attached hydrogens (primary N) is 1. The van der Waals surface area contributed by atoms with E-state index in [9.17, 15) is 9.18 Å². The highest BCUT2D eigenvalue weighted by Gasteiger charge is 2.15. The number of thioether (sulfide) groups is 1. The molecule has 0 saturated carbocycles. The Morgan fingerprint density at radius 3 is 2.57 bits per heavy atom. The van der Waals surface area contributed by atoms with Crippen molar-refractivity contribution < 1.29 is 9.18 Å². The first kappa shape index (κ1) is 15.9. The Morgan fingerprint density at radius 2 is 1.95 bits per heavy atom. The van der Waals surface area contributed by atoms with Crippen LogP contribution in [0.5, 0.6) is 0 Å². The third-order valence-electron chi connectivity index (χ3n) is 2.77. The summed E-state index contributed by atoms with van der Waals surface area (Å²) in [5.74, 6) is -0.607. The zero-order chi connectivity index (χ0) is 15.4. The Labute approximate surface area is 135 Å². The number of hydrogen-bond acceptors (Lipinski definition) is 3. The average Bonchev–Trinajstić information content (AvgIpc) is 2.44. The summed E-state index contributed by atoms with van der Waals surface area (Å²) in [5.41, 5.74) is 6.31. The lowest BCUT2D eigenvalue weighted by Crippen LogP contribution is -2.22. The second-order valence-corrected chi connectivity index (χ2v) is 6.76. The molecule has 0 aromatic heterocycles. The van der Waals surface area contributed by atoms with Gasteiger partial charge in [-0.3, -0.25) is 4.79 Å². The van der Waals surface area contributed by atoms with Crippen LogP contribution in [0.15, 0.2) is 51.8 Å². The molecule has 0 bridgehead atoms. The maximum atomic E-state index is 13.0. The van der Waals surface area contributed by atoms with Crippen LogP contribution >= 0.6 is 27.7 Å². The number of nitrogens with one attached hydrogen (secondary N) is 1. The fourth-order valence-electron chi connectivity index (χ4n) is 1.65. The highest BCUT2D eigenvalue weighted by Crippen LogP contribution is 2.26. The number of amides is 1. The van der Waals surface area contributed by atoms with E-state index in [0.29, 0.717) is 5.69 Å². The summed E-state index contributed by atoms with van der Waals surface area (Å²) in [5, 5.41) is 2.41. The van der Waals surface area contributed by atoms with Crippen molar-refractivity contribution in [3.05, 3.63) is 52.8 Å². The third kappa shape index (κ3) is 4.47. The molecule has 2 aromatic rings. The molecule has 0 heterocycles. The van der Waals surface area contributed by atoms with E-state index in [-0.39, 0.29) is 16.8 Å². The molecule has 1 amide bonds. The first-order valence-electron chi connectivity index (χ1n) is 6.24. The molecule has 0 aliphatic heterocycles. The molecule has 1 atom stereocenters. The summed E-state index contributed by atoms with van der Waals surface area (Å²) >= 11 is 4.81. The molecule has 0 saturated heterocycles. The van der Waals surface area contributed by atoms with Gasteiger partial charge < -0.3 is 11.1 Å². The minimum absolute atomic E-state index is 0.179. The van der Waals surface area contributed by atoms with Crippen LogP contribution in [-0.2, 0) is 4.79 Å². The van der Waals surface area contributed by atoms with Crippen molar-refractivity contribution in [2.75, 3.05) is 11.1 Å². The second-order valence-electron chi connectivity index (χ2n) is 4.43. The van der Waals surface area contributed by atoms with E-state index in [1.54, 1.807) is 0 Å². The van der Waals surface area contributed by atoms with Crippen molar-refractivity contribution >= 4 is 45.0 Å². The van der Waals surface area contributed by atoms with Crippen molar-refractivity contribution in [3.8, 4) is 0 Å². The summed E-state index contributed by atoms with van der Waals surface area (Å²) in [4.78, 5) is 13.1. The van der Waals surface area contributed by atoms with Gasteiger partial charge in [-0.1, -0.05) is 15.9 Å². The van der Waals surface area contributed by atoms with Crippen LogP contribution in [0.1, 0.15) is 6.92 Å². The second kappa shape index (κ2) is 6.95. The Hall–Kier alpha value is -1.53. The van der Waals surface area contributed by atoms with Gasteiger partial charge in [0.25, 0.3) is 0 Å². The SMILES string of the molecule is CC(Sc1ccc(Br)cc1)C(=O)Nc1ccc(F)cc1N. The minimum atomic E-state index is -0.428. The summed E-state index contributed by atoms with van der Waals surface area (Å²) < 4.78 is 14.0. The van der Waals surface area contributed by atoms with Gasteiger partial charge in [-0.05, 0) is 49.4 Å². The summed E-state index contributed by atoms with van der Waals surface area (Å²) in [6, 6.07) is 11.6. The maximum absolute atomic E-state index is 13.0. The molecular weight excluding hydrogens is 355 g/mol. The standard InChI is InChI=1S/C15H14BrFN2OS/c1-9(21-12-5-2-10(16)3-6-12)15(20)19-14-7-4-11(17)8-13(14)18/h2-9H,18H2,1H3,(H,19,20). The molecule has 110 valence electrons. The number of hydrogen-bond donors (Lipinski definition) is 2. The largest absolute Gasteiger partial charge is 0.397 e. The molecule has 2 rings (SSSR count). The number of nitrogen functional groups attached to an aromatic ring is 1. The molecule has 0 aliphatic rings. The summed E-state index contributed by atoms with van der Waals surface area (Å²) in [7, 11) is 0. The third-order valence-corrected chi connectivity index (χ3v) is 4.41. The van der Waals surface area contributed by atoms with E-state index in [0.717, 1.165) is 9.37 Å². The summed E-state index contributed by atoms with van der Waals surface area (Å²) in [6.07, 6.45) is 0. The number of carbonyl (C=O) groups excluding carboxylic acids is 1. The molecule has 0 fully saturated rings. The highest BCUT2D eigenvalue weighted by molar-refractivity contribution is 9.10. The Balaban J connectivity index is 2.00. The quantitative estimate of drug-likeness (QED) is 0.625. The smallest absolute Gasteiger partial charge is 0.237 e. The van der Waals surface area contributed by atoms with E-state index in [1.807, 2.05) is 31.2 Å². The zero-order valence-corrected chi connectivity index (χ0v) is 13.7. The molecule has 0 radical (unpaired) electrons. The lowest BCUT2D eigenvalue weighted by molar-refractivity contribution is -0.115. The van der Waals surface area contributed by atoms with Crippen LogP contribution in [0, 0.1) is 5.82 Å². The Bertz CT molecular complexity index is 649. The van der Waals surface area contributed by atoms with Gasteiger partial charge in [0.1, 0.15) is 5.82 Å². The van der Waals surface area contributed by atoms with Crippen LogP contribution in [0.25, 0.3) is 0 Å². The van der Waals surface area contributed by atoms with Crippen LogP contribution < -0.4 is 11.1 Å². The number of benzene rings is 2.